The minimum atomic E-state index is -0.176. The van der Waals surface area contributed by atoms with Crippen LogP contribution in [-0.2, 0) is 4.79 Å². The summed E-state index contributed by atoms with van der Waals surface area (Å²) in [6.07, 6.45) is 3.14. The van der Waals surface area contributed by atoms with Crippen molar-refractivity contribution in [2.24, 2.45) is 0 Å². The van der Waals surface area contributed by atoms with Crippen LogP contribution in [0.3, 0.4) is 0 Å². The number of nitrogens with one attached hydrogen (secondary N) is 1. The number of carbonyl (C=O) groups is 1. The number of halogens is 1. The van der Waals surface area contributed by atoms with Crippen LogP contribution in [0.5, 0.6) is 0 Å². The maximum atomic E-state index is 12.1. The fourth-order valence-corrected chi connectivity index (χ4v) is 3.92. The van der Waals surface area contributed by atoms with E-state index in [0.29, 0.717) is 20.8 Å². The van der Waals surface area contributed by atoms with Gasteiger partial charge in [0.15, 0.2) is 5.65 Å². The van der Waals surface area contributed by atoms with Crippen LogP contribution < -0.4 is 5.32 Å². The van der Waals surface area contributed by atoms with Crippen LogP contribution >= 0.6 is 34.7 Å². The zero-order valence-corrected chi connectivity index (χ0v) is 16.3. The summed E-state index contributed by atoms with van der Waals surface area (Å²) in [5.74, 6) is 0.0118. The quantitative estimate of drug-likeness (QED) is 0.392. The zero-order chi connectivity index (χ0) is 18.8. The number of nitrogens with zero attached hydrogens (tertiary/aromatic N) is 6. The number of amides is 1. The van der Waals surface area contributed by atoms with Gasteiger partial charge in [-0.3, -0.25) is 10.1 Å². The van der Waals surface area contributed by atoms with Crippen molar-refractivity contribution in [3.05, 3.63) is 46.8 Å². The second-order valence-corrected chi connectivity index (χ2v) is 8.00. The summed E-state index contributed by atoms with van der Waals surface area (Å²) in [5.41, 5.74) is 1.45. The van der Waals surface area contributed by atoms with Gasteiger partial charge in [-0.05, 0) is 25.1 Å². The molecule has 0 aliphatic carbocycles. The molecule has 1 N–H and O–H groups in total. The molecule has 0 aliphatic rings. The van der Waals surface area contributed by atoms with E-state index in [1.165, 1.54) is 29.4 Å². The van der Waals surface area contributed by atoms with Gasteiger partial charge in [-0.25, -0.2) is 14.6 Å². The van der Waals surface area contributed by atoms with Gasteiger partial charge in [-0.2, -0.15) is 5.10 Å². The van der Waals surface area contributed by atoms with Crippen LogP contribution in [0, 0.1) is 6.92 Å². The van der Waals surface area contributed by atoms with Gasteiger partial charge in [0.1, 0.15) is 16.4 Å². The van der Waals surface area contributed by atoms with Crippen molar-refractivity contribution >= 4 is 56.8 Å². The number of rotatable bonds is 5. The number of aryl methyl sites for hydroxylation is 1. The molecule has 0 fully saturated rings. The van der Waals surface area contributed by atoms with Crippen molar-refractivity contribution in [3.63, 3.8) is 0 Å². The van der Waals surface area contributed by atoms with Gasteiger partial charge in [0.2, 0.25) is 11.0 Å². The molecular formula is C16H12ClN7OS2. The molecule has 27 heavy (non-hydrogen) atoms. The fourth-order valence-electron chi connectivity index (χ4n) is 2.37. The van der Waals surface area contributed by atoms with Crippen LogP contribution in [0.1, 0.15) is 5.01 Å². The Balaban J connectivity index is 1.53. The Morgan fingerprint density at radius 3 is 3.00 bits per heavy atom. The molecule has 0 atom stereocenters. The molecule has 3 heterocycles. The number of benzene rings is 1. The number of thioether (sulfide) groups is 1. The molecule has 0 saturated carbocycles. The Bertz CT molecular complexity index is 1130. The fraction of sp³-hybridized carbons (Fsp3) is 0.125. The number of hydrogen-bond acceptors (Lipinski definition) is 8. The Hall–Kier alpha value is -2.56. The number of fused-ring (bicyclic) bond motifs is 1. The van der Waals surface area contributed by atoms with Gasteiger partial charge in [0.25, 0.3) is 0 Å². The number of hydrogen-bond donors (Lipinski definition) is 1. The van der Waals surface area contributed by atoms with E-state index in [2.05, 4.69) is 30.6 Å². The highest BCUT2D eigenvalue weighted by atomic mass is 35.5. The summed E-state index contributed by atoms with van der Waals surface area (Å²) in [6.45, 7) is 1.83. The van der Waals surface area contributed by atoms with Crippen LogP contribution in [0.15, 0.2) is 41.8 Å². The Morgan fingerprint density at radius 1 is 1.33 bits per heavy atom. The van der Waals surface area contributed by atoms with Crippen molar-refractivity contribution < 1.29 is 4.79 Å². The minimum Gasteiger partial charge on any atom is -0.300 e. The molecule has 1 amide bonds. The molecule has 0 unspecified atom stereocenters. The van der Waals surface area contributed by atoms with Crippen LogP contribution in [0.4, 0.5) is 5.13 Å². The predicted octanol–water partition coefficient (Wildman–Crippen LogP) is 3.36. The average Bonchev–Trinajstić information content (AvgIpc) is 3.26. The Labute approximate surface area is 167 Å². The van der Waals surface area contributed by atoms with Gasteiger partial charge in [0.05, 0.1) is 23.0 Å². The van der Waals surface area contributed by atoms with Crippen molar-refractivity contribution in [2.45, 2.75) is 11.9 Å². The molecule has 1 aromatic carbocycles. The predicted molar refractivity (Wildman–Crippen MR) is 106 cm³/mol. The Morgan fingerprint density at radius 2 is 2.22 bits per heavy atom. The third-order valence-electron chi connectivity index (χ3n) is 3.49. The van der Waals surface area contributed by atoms with Crippen LogP contribution in [0.25, 0.3) is 16.7 Å². The average molecular weight is 418 g/mol. The molecule has 8 nitrogen and oxygen atoms in total. The molecule has 4 rings (SSSR count). The molecule has 4 aromatic rings. The molecule has 0 saturated heterocycles. The lowest BCUT2D eigenvalue weighted by Gasteiger charge is -2.04. The van der Waals surface area contributed by atoms with Crippen molar-refractivity contribution in [1.29, 1.82) is 0 Å². The van der Waals surface area contributed by atoms with Crippen LogP contribution in [-0.4, -0.2) is 41.6 Å². The molecular weight excluding hydrogens is 406 g/mol. The molecule has 136 valence electrons. The molecule has 3 aromatic heterocycles. The highest BCUT2D eigenvalue weighted by molar-refractivity contribution is 8.00. The summed E-state index contributed by atoms with van der Waals surface area (Å²) < 4.78 is 1.69. The highest BCUT2D eigenvalue weighted by Gasteiger charge is 2.14. The van der Waals surface area contributed by atoms with E-state index in [-0.39, 0.29) is 11.7 Å². The summed E-state index contributed by atoms with van der Waals surface area (Å²) in [7, 11) is 0. The van der Waals surface area contributed by atoms with E-state index in [4.69, 9.17) is 11.6 Å². The monoisotopic (exact) mass is 417 g/mol. The van der Waals surface area contributed by atoms with E-state index in [1.54, 1.807) is 23.0 Å². The largest absolute Gasteiger partial charge is 0.300 e. The third kappa shape index (κ3) is 3.92. The molecule has 0 aliphatic heterocycles. The first-order chi connectivity index (χ1) is 13.1. The first-order valence-corrected chi connectivity index (χ1v) is 9.95. The Kier molecular flexibility index (Phi) is 5.01. The van der Waals surface area contributed by atoms with Gasteiger partial charge in [0, 0.05) is 5.02 Å². The van der Waals surface area contributed by atoms with Gasteiger partial charge in [-0.1, -0.05) is 40.8 Å². The first kappa shape index (κ1) is 17.8. The number of aromatic nitrogens is 6. The SMILES string of the molecule is Cc1nnc(NC(=O)CSc2ncnc3c2cnn3-c2cccc(Cl)c2)s1. The van der Waals surface area contributed by atoms with Crippen molar-refractivity contribution in [2.75, 3.05) is 11.1 Å². The summed E-state index contributed by atoms with van der Waals surface area (Å²) in [4.78, 5) is 20.7. The van der Waals surface area contributed by atoms with E-state index in [0.717, 1.165) is 16.1 Å². The number of carbonyl (C=O) groups excluding carboxylic acids is 1. The van der Waals surface area contributed by atoms with Gasteiger partial charge < -0.3 is 0 Å². The maximum Gasteiger partial charge on any atom is 0.236 e. The maximum absolute atomic E-state index is 12.1. The highest BCUT2D eigenvalue weighted by Crippen LogP contribution is 2.26. The van der Waals surface area contributed by atoms with E-state index in [1.807, 2.05) is 19.1 Å². The second kappa shape index (κ2) is 7.59. The normalized spacial score (nSPS) is 11.0. The molecule has 0 bridgehead atoms. The van der Waals surface area contributed by atoms with E-state index in [9.17, 15) is 4.79 Å². The summed E-state index contributed by atoms with van der Waals surface area (Å²) >= 11 is 8.70. The summed E-state index contributed by atoms with van der Waals surface area (Å²) in [5, 5.41) is 18.2. The minimum absolute atomic E-state index is 0.176. The molecule has 11 heteroatoms. The lowest BCUT2D eigenvalue weighted by molar-refractivity contribution is -0.113. The van der Waals surface area contributed by atoms with E-state index >= 15 is 0 Å². The number of anilines is 1. The van der Waals surface area contributed by atoms with Crippen molar-refractivity contribution in [1.82, 2.24) is 29.9 Å². The van der Waals surface area contributed by atoms with Crippen molar-refractivity contribution in [3.8, 4) is 5.69 Å². The topological polar surface area (TPSA) is 98.5 Å². The van der Waals surface area contributed by atoms with Gasteiger partial charge in [-0.15, -0.1) is 10.2 Å². The second-order valence-electron chi connectivity index (χ2n) is 5.42. The summed E-state index contributed by atoms with van der Waals surface area (Å²) in [6, 6.07) is 7.35. The van der Waals surface area contributed by atoms with Gasteiger partial charge >= 0.3 is 0 Å². The smallest absolute Gasteiger partial charge is 0.236 e. The molecule has 0 spiro atoms. The zero-order valence-electron chi connectivity index (χ0n) is 14.0. The standard InChI is InChI=1S/C16H12ClN7OS2/c1-9-22-23-16(27-9)21-13(25)7-26-15-12-6-20-24(14(12)18-8-19-15)11-4-2-3-10(17)5-11/h2-6,8H,7H2,1H3,(H,21,23,25). The first-order valence-electron chi connectivity index (χ1n) is 7.77. The van der Waals surface area contributed by atoms with E-state index < -0.39 is 0 Å². The van der Waals surface area contributed by atoms with Crippen LogP contribution in [0.2, 0.25) is 5.02 Å². The lowest BCUT2D eigenvalue weighted by atomic mass is 10.3. The molecule has 0 radical (unpaired) electrons. The third-order valence-corrected chi connectivity index (χ3v) is 5.49. The lowest BCUT2D eigenvalue weighted by Crippen LogP contribution is -2.14.